The Balaban J connectivity index is 1.94. The van der Waals surface area contributed by atoms with Crippen LogP contribution in [0.3, 0.4) is 0 Å². The smallest absolute Gasteiger partial charge is 0.247 e. The van der Waals surface area contributed by atoms with Crippen molar-refractivity contribution in [3.8, 4) is 5.75 Å². The summed E-state index contributed by atoms with van der Waals surface area (Å²) in [5, 5.41) is 23.3. The van der Waals surface area contributed by atoms with Crippen LogP contribution in [0.5, 0.6) is 5.75 Å². The van der Waals surface area contributed by atoms with E-state index in [2.05, 4.69) is 34.5 Å². The number of unbranched alkanes of at least 4 members (excludes halogenated alkanes) is 2. The molecule has 204 valence electrons. The molecule has 7 nitrogen and oxygen atoms in total. The lowest BCUT2D eigenvalue weighted by atomic mass is 9.87. The maximum absolute atomic E-state index is 13.6. The van der Waals surface area contributed by atoms with Gasteiger partial charge >= 0.3 is 0 Å². The first-order valence-corrected chi connectivity index (χ1v) is 13.8. The zero-order valence-electron chi connectivity index (χ0n) is 21.2. The number of rotatable bonds is 13. The van der Waals surface area contributed by atoms with Gasteiger partial charge in [0.25, 0.3) is 0 Å². The SMILES string of the molecule is C=CCCCCC(=O)N(Cc1ccc(F)cc1)C1CC(C(=O)NCCO)=CC(Oc2ccccc2I)C1O. The summed E-state index contributed by atoms with van der Waals surface area (Å²) >= 11 is 2.13. The molecule has 9 heteroatoms. The predicted molar refractivity (Wildman–Crippen MR) is 152 cm³/mol. The van der Waals surface area contributed by atoms with Gasteiger partial charge in [-0.25, -0.2) is 4.39 Å². The molecule has 3 unspecified atom stereocenters. The van der Waals surface area contributed by atoms with Crippen LogP contribution in [0, 0.1) is 9.39 Å². The zero-order chi connectivity index (χ0) is 27.5. The molecule has 3 rings (SSSR count). The van der Waals surface area contributed by atoms with E-state index in [0.717, 1.165) is 16.4 Å². The fourth-order valence-corrected chi connectivity index (χ4v) is 4.87. The summed E-state index contributed by atoms with van der Waals surface area (Å²) in [5.74, 6) is -0.407. The molecule has 2 amide bonds. The third-order valence-electron chi connectivity index (χ3n) is 6.35. The average Bonchev–Trinajstić information content (AvgIpc) is 2.91. The zero-order valence-corrected chi connectivity index (χ0v) is 23.3. The summed E-state index contributed by atoms with van der Waals surface area (Å²) < 4.78 is 20.6. The number of ether oxygens (including phenoxy) is 1. The third-order valence-corrected chi connectivity index (χ3v) is 7.24. The lowest BCUT2D eigenvalue weighted by Crippen LogP contribution is -2.54. The highest BCUT2D eigenvalue weighted by Gasteiger charge is 2.40. The number of hydrogen-bond donors (Lipinski definition) is 3. The number of carbonyl (C=O) groups excluding carboxylic acids is 2. The first-order chi connectivity index (χ1) is 18.3. The second-order valence-electron chi connectivity index (χ2n) is 9.13. The maximum Gasteiger partial charge on any atom is 0.247 e. The number of para-hydroxylation sites is 1. The van der Waals surface area contributed by atoms with E-state index >= 15 is 0 Å². The Kier molecular flexibility index (Phi) is 11.8. The molecule has 0 radical (unpaired) electrons. The molecule has 0 aromatic heterocycles. The molecule has 0 spiro atoms. The number of carbonyl (C=O) groups is 2. The third kappa shape index (κ3) is 8.37. The average molecular weight is 637 g/mol. The van der Waals surface area contributed by atoms with Gasteiger partial charge in [-0.05, 0) is 77.8 Å². The van der Waals surface area contributed by atoms with Gasteiger partial charge in [0.05, 0.1) is 16.2 Å². The molecule has 2 aromatic rings. The Labute approximate surface area is 236 Å². The van der Waals surface area contributed by atoms with Crippen LogP contribution < -0.4 is 10.1 Å². The molecule has 0 saturated carbocycles. The van der Waals surface area contributed by atoms with Crippen LogP contribution in [0.2, 0.25) is 0 Å². The molecule has 2 aromatic carbocycles. The van der Waals surface area contributed by atoms with E-state index in [9.17, 15) is 19.1 Å². The van der Waals surface area contributed by atoms with Crippen molar-refractivity contribution in [3.05, 3.63) is 87.8 Å². The fraction of sp³-hybridized carbons (Fsp3) is 0.379. The van der Waals surface area contributed by atoms with E-state index in [-0.39, 0.29) is 44.3 Å². The minimum absolute atomic E-state index is 0.0764. The van der Waals surface area contributed by atoms with Gasteiger partial charge in [0.1, 0.15) is 23.8 Å². The number of nitrogens with one attached hydrogen (secondary N) is 1. The lowest BCUT2D eigenvalue weighted by Gasteiger charge is -2.40. The number of amides is 2. The monoisotopic (exact) mass is 636 g/mol. The number of benzene rings is 2. The van der Waals surface area contributed by atoms with Crippen molar-refractivity contribution in [1.82, 2.24) is 10.2 Å². The van der Waals surface area contributed by atoms with Crippen LogP contribution in [0.25, 0.3) is 0 Å². The minimum atomic E-state index is -1.13. The van der Waals surface area contributed by atoms with E-state index in [1.807, 2.05) is 18.2 Å². The van der Waals surface area contributed by atoms with E-state index in [1.54, 1.807) is 35.3 Å². The summed E-state index contributed by atoms with van der Waals surface area (Å²) in [4.78, 5) is 28.0. The first kappa shape index (κ1) is 29.8. The van der Waals surface area contributed by atoms with Crippen molar-refractivity contribution in [3.63, 3.8) is 0 Å². The number of aliphatic hydroxyl groups excluding tert-OH is 2. The maximum atomic E-state index is 13.6. The summed E-state index contributed by atoms with van der Waals surface area (Å²) in [6, 6.07) is 12.4. The lowest BCUT2D eigenvalue weighted by molar-refractivity contribution is -0.139. The number of aliphatic hydroxyl groups is 2. The Hall–Kier alpha value is -2.76. The van der Waals surface area contributed by atoms with Gasteiger partial charge < -0.3 is 25.2 Å². The van der Waals surface area contributed by atoms with Crippen molar-refractivity contribution >= 4 is 34.4 Å². The standard InChI is InChI=1S/C29H34FIN2O5/c1-2-3-4-5-10-27(35)33(19-20-11-13-22(30)14-12-20)24-17-21(29(37)32-15-16-34)18-26(28(24)36)38-25-9-7-6-8-23(25)31/h2,6-9,11-14,18,24,26,28,34,36H,1,3-5,10,15-17,19H2,(H,32,37). The summed E-state index contributed by atoms with van der Waals surface area (Å²) in [6.07, 6.45) is 3.97. The number of nitrogens with zero attached hydrogens (tertiary/aromatic N) is 1. The minimum Gasteiger partial charge on any atom is -0.482 e. The van der Waals surface area contributed by atoms with Crippen molar-refractivity contribution < 1.29 is 28.9 Å². The quantitative estimate of drug-likeness (QED) is 0.175. The van der Waals surface area contributed by atoms with Gasteiger partial charge in [-0.3, -0.25) is 9.59 Å². The molecule has 1 aliphatic carbocycles. The van der Waals surface area contributed by atoms with Gasteiger partial charge in [0.2, 0.25) is 11.8 Å². The topological polar surface area (TPSA) is 99.1 Å². The second-order valence-corrected chi connectivity index (χ2v) is 10.3. The Morgan fingerprint density at radius 3 is 2.61 bits per heavy atom. The molecule has 3 atom stereocenters. The van der Waals surface area contributed by atoms with Gasteiger partial charge in [0, 0.05) is 31.5 Å². The predicted octanol–water partition coefficient (Wildman–Crippen LogP) is 4.12. The molecular formula is C29H34FIN2O5. The normalized spacial score (nSPS) is 18.8. The number of halogens is 2. The molecule has 0 saturated heterocycles. The molecule has 3 N–H and O–H groups in total. The van der Waals surface area contributed by atoms with Gasteiger partial charge in [-0.1, -0.05) is 30.3 Å². The van der Waals surface area contributed by atoms with Crippen LogP contribution in [-0.4, -0.2) is 58.3 Å². The van der Waals surface area contributed by atoms with Gasteiger partial charge in [-0.15, -0.1) is 6.58 Å². The molecule has 38 heavy (non-hydrogen) atoms. The molecular weight excluding hydrogens is 602 g/mol. The molecule has 0 aliphatic heterocycles. The summed E-state index contributed by atoms with van der Waals surface area (Å²) in [5.41, 5.74) is 1.06. The summed E-state index contributed by atoms with van der Waals surface area (Å²) in [6.45, 7) is 3.72. The van der Waals surface area contributed by atoms with E-state index < -0.39 is 24.2 Å². The second kappa shape index (κ2) is 15.0. The van der Waals surface area contributed by atoms with Gasteiger partial charge in [-0.2, -0.15) is 0 Å². The van der Waals surface area contributed by atoms with Crippen LogP contribution in [0.4, 0.5) is 4.39 Å². The molecule has 0 heterocycles. The van der Waals surface area contributed by atoms with Crippen LogP contribution in [0.1, 0.15) is 37.7 Å². The Morgan fingerprint density at radius 1 is 1.18 bits per heavy atom. The molecule has 0 fully saturated rings. The van der Waals surface area contributed by atoms with Crippen LogP contribution in [0.15, 0.2) is 72.8 Å². The van der Waals surface area contributed by atoms with Crippen molar-refractivity contribution in [2.75, 3.05) is 13.2 Å². The summed E-state index contributed by atoms with van der Waals surface area (Å²) in [7, 11) is 0. The van der Waals surface area contributed by atoms with Crippen molar-refractivity contribution in [2.24, 2.45) is 0 Å². The Morgan fingerprint density at radius 2 is 1.92 bits per heavy atom. The number of hydrogen-bond acceptors (Lipinski definition) is 5. The highest BCUT2D eigenvalue weighted by atomic mass is 127. The largest absolute Gasteiger partial charge is 0.482 e. The first-order valence-electron chi connectivity index (χ1n) is 12.7. The van der Waals surface area contributed by atoms with E-state index in [1.165, 1.54) is 12.1 Å². The highest BCUT2D eigenvalue weighted by molar-refractivity contribution is 14.1. The van der Waals surface area contributed by atoms with Crippen molar-refractivity contribution in [2.45, 2.75) is 56.9 Å². The van der Waals surface area contributed by atoms with Crippen LogP contribution in [-0.2, 0) is 16.1 Å². The van der Waals surface area contributed by atoms with Crippen molar-refractivity contribution in [1.29, 1.82) is 0 Å². The Bertz CT molecular complexity index is 1120. The van der Waals surface area contributed by atoms with Gasteiger partial charge in [0.15, 0.2) is 0 Å². The highest BCUT2D eigenvalue weighted by Crippen LogP contribution is 2.31. The van der Waals surface area contributed by atoms with E-state index in [0.29, 0.717) is 23.3 Å². The molecule has 0 bridgehead atoms. The fourth-order valence-electron chi connectivity index (χ4n) is 4.35. The van der Waals surface area contributed by atoms with Crippen LogP contribution >= 0.6 is 22.6 Å². The molecule has 1 aliphatic rings. The number of allylic oxidation sites excluding steroid dienone is 1. The van der Waals surface area contributed by atoms with E-state index in [4.69, 9.17) is 9.84 Å².